The fourth-order valence-corrected chi connectivity index (χ4v) is 5.72. The van der Waals surface area contributed by atoms with Gasteiger partial charge in [-0.3, -0.25) is 4.79 Å². The fraction of sp³-hybridized carbons (Fsp3) is 0.345. The molecule has 202 valence electrons. The van der Waals surface area contributed by atoms with E-state index in [2.05, 4.69) is 25.3 Å². The standard InChI is InChI=1S/C29H30F2N6O2/c1-18-13-22(5-8-24(18)28(38)36-12-9-20-14-32-15-21(20)17-36)35-26-27-34-16-25(37(27)11-2-10-33-26)19-3-6-23(7-4-19)39-29(30)31/h2-8,10,13,16,20-21,29,32H,9,11-12,14-15,17H2,1H3,(H,33,35)/t20-,21+/m0/s1. The number of piperidine rings is 1. The number of benzene rings is 2. The van der Waals surface area contributed by atoms with Crippen LogP contribution in [0.25, 0.3) is 11.3 Å². The van der Waals surface area contributed by atoms with Gasteiger partial charge in [-0.15, -0.1) is 0 Å². The third-order valence-corrected chi connectivity index (χ3v) is 7.75. The van der Waals surface area contributed by atoms with E-state index >= 15 is 0 Å². The number of aryl methyl sites for hydroxylation is 1. The number of anilines is 1. The Morgan fingerprint density at radius 1 is 1.15 bits per heavy atom. The van der Waals surface area contributed by atoms with Gasteiger partial charge in [0, 0.05) is 42.6 Å². The summed E-state index contributed by atoms with van der Waals surface area (Å²) < 4.78 is 31.5. The van der Waals surface area contributed by atoms with Crippen molar-refractivity contribution in [2.45, 2.75) is 26.5 Å². The Bertz CT molecular complexity index is 1430. The molecule has 8 nitrogen and oxygen atoms in total. The molecule has 3 aromatic rings. The van der Waals surface area contributed by atoms with Gasteiger partial charge in [0.2, 0.25) is 0 Å². The topological polar surface area (TPSA) is 83.8 Å². The molecule has 2 N–H and O–H groups in total. The fourth-order valence-electron chi connectivity index (χ4n) is 5.72. The zero-order valence-corrected chi connectivity index (χ0v) is 21.6. The van der Waals surface area contributed by atoms with Crippen LogP contribution >= 0.6 is 0 Å². The molecular formula is C29H30F2N6O2. The molecule has 2 aromatic carbocycles. The van der Waals surface area contributed by atoms with Gasteiger partial charge < -0.3 is 24.8 Å². The molecule has 3 aliphatic heterocycles. The van der Waals surface area contributed by atoms with E-state index in [1.807, 2.05) is 40.7 Å². The van der Waals surface area contributed by atoms with E-state index in [9.17, 15) is 13.6 Å². The SMILES string of the molecule is Cc1cc(NC2=NC=CCn3c(-c4ccc(OC(F)F)cc4)cnc32)ccc1C(=O)N1CC[C@H]2CNC[C@@H]2C1. The molecule has 0 unspecified atom stereocenters. The van der Waals surface area contributed by atoms with Crippen LogP contribution in [-0.2, 0) is 6.54 Å². The number of fused-ring (bicyclic) bond motifs is 2. The van der Waals surface area contributed by atoms with E-state index in [0.717, 1.165) is 60.7 Å². The molecule has 0 spiro atoms. The summed E-state index contributed by atoms with van der Waals surface area (Å²) in [5.41, 5.74) is 4.07. The molecule has 2 atom stereocenters. The van der Waals surface area contributed by atoms with Crippen LogP contribution in [0.3, 0.4) is 0 Å². The van der Waals surface area contributed by atoms with Crippen LogP contribution in [0.15, 0.2) is 65.9 Å². The van der Waals surface area contributed by atoms with Crippen LogP contribution in [-0.4, -0.2) is 59.0 Å². The van der Waals surface area contributed by atoms with E-state index < -0.39 is 6.61 Å². The van der Waals surface area contributed by atoms with E-state index in [4.69, 9.17) is 0 Å². The van der Waals surface area contributed by atoms with Crippen molar-refractivity contribution < 1.29 is 18.3 Å². The molecular weight excluding hydrogens is 502 g/mol. The number of amidine groups is 1. The maximum absolute atomic E-state index is 13.3. The predicted molar refractivity (Wildman–Crippen MR) is 145 cm³/mol. The number of carbonyl (C=O) groups is 1. The molecule has 0 radical (unpaired) electrons. The van der Waals surface area contributed by atoms with E-state index in [-0.39, 0.29) is 11.7 Å². The van der Waals surface area contributed by atoms with Crippen LogP contribution in [0.2, 0.25) is 0 Å². The number of nitrogens with zero attached hydrogens (tertiary/aromatic N) is 4. The minimum Gasteiger partial charge on any atom is -0.435 e. The zero-order chi connectivity index (χ0) is 26.9. The lowest BCUT2D eigenvalue weighted by Gasteiger charge is -2.34. The Kier molecular flexibility index (Phi) is 6.86. The Morgan fingerprint density at radius 3 is 2.77 bits per heavy atom. The largest absolute Gasteiger partial charge is 0.435 e. The molecule has 0 aliphatic carbocycles. The van der Waals surface area contributed by atoms with Crippen LogP contribution in [0.5, 0.6) is 5.75 Å². The van der Waals surface area contributed by atoms with Gasteiger partial charge >= 0.3 is 6.61 Å². The Hall–Kier alpha value is -4.05. The summed E-state index contributed by atoms with van der Waals surface area (Å²) in [4.78, 5) is 24.5. The average molecular weight is 533 g/mol. The molecule has 1 aromatic heterocycles. The highest BCUT2D eigenvalue weighted by Crippen LogP contribution is 2.29. The highest BCUT2D eigenvalue weighted by molar-refractivity contribution is 6.07. The number of imidazole rings is 1. The lowest BCUT2D eigenvalue weighted by molar-refractivity contribution is -0.0498. The Labute approximate surface area is 225 Å². The summed E-state index contributed by atoms with van der Waals surface area (Å²) >= 11 is 0. The predicted octanol–water partition coefficient (Wildman–Crippen LogP) is 4.53. The van der Waals surface area contributed by atoms with E-state index in [0.29, 0.717) is 30.0 Å². The lowest BCUT2D eigenvalue weighted by atomic mass is 9.88. The zero-order valence-electron chi connectivity index (χ0n) is 21.6. The molecule has 10 heteroatoms. The van der Waals surface area contributed by atoms with Crippen molar-refractivity contribution in [3.05, 3.63) is 77.9 Å². The Morgan fingerprint density at radius 2 is 1.97 bits per heavy atom. The highest BCUT2D eigenvalue weighted by Gasteiger charge is 2.35. The van der Waals surface area contributed by atoms with Crippen molar-refractivity contribution in [2.24, 2.45) is 16.8 Å². The van der Waals surface area contributed by atoms with Gasteiger partial charge in [0.25, 0.3) is 5.91 Å². The maximum Gasteiger partial charge on any atom is 0.387 e. The number of hydrogen-bond acceptors (Lipinski definition) is 6. The van der Waals surface area contributed by atoms with E-state index in [1.165, 1.54) is 12.1 Å². The number of aromatic nitrogens is 2. The van der Waals surface area contributed by atoms with Crippen molar-refractivity contribution in [3.63, 3.8) is 0 Å². The molecule has 0 bridgehead atoms. The van der Waals surface area contributed by atoms with Crippen molar-refractivity contribution in [2.75, 3.05) is 31.5 Å². The number of nitrogens with one attached hydrogen (secondary N) is 2. The summed E-state index contributed by atoms with van der Waals surface area (Å²) in [5, 5.41) is 6.82. The van der Waals surface area contributed by atoms with Crippen molar-refractivity contribution in [1.82, 2.24) is 19.8 Å². The molecule has 1 amide bonds. The molecule has 2 saturated heterocycles. The minimum atomic E-state index is -2.87. The lowest BCUT2D eigenvalue weighted by Crippen LogP contribution is -2.43. The first kappa shape index (κ1) is 25.2. The molecule has 39 heavy (non-hydrogen) atoms. The Balaban J connectivity index is 1.19. The van der Waals surface area contributed by atoms with Crippen molar-refractivity contribution in [1.29, 1.82) is 0 Å². The van der Waals surface area contributed by atoms with Gasteiger partial charge in [0.15, 0.2) is 11.7 Å². The molecule has 6 rings (SSSR count). The van der Waals surface area contributed by atoms with Crippen LogP contribution < -0.4 is 15.4 Å². The normalized spacial score (nSPS) is 20.3. The number of hydrogen-bond donors (Lipinski definition) is 2. The molecule has 0 saturated carbocycles. The third kappa shape index (κ3) is 5.16. The second kappa shape index (κ2) is 10.6. The first-order valence-corrected chi connectivity index (χ1v) is 13.2. The number of carbonyl (C=O) groups excluding carboxylic acids is 1. The summed E-state index contributed by atoms with van der Waals surface area (Å²) in [6, 6.07) is 12.2. The third-order valence-electron chi connectivity index (χ3n) is 7.75. The summed E-state index contributed by atoms with van der Waals surface area (Å²) in [5.74, 6) is 2.64. The van der Waals surface area contributed by atoms with Crippen LogP contribution in [0, 0.1) is 18.8 Å². The number of amides is 1. The molecule has 2 fully saturated rings. The number of halogens is 2. The first-order valence-electron chi connectivity index (χ1n) is 13.2. The molecule has 3 aliphatic rings. The van der Waals surface area contributed by atoms with Gasteiger partial charge in [-0.25, -0.2) is 9.98 Å². The van der Waals surface area contributed by atoms with Gasteiger partial charge in [0.05, 0.1) is 11.9 Å². The second-order valence-electron chi connectivity index (χ2n) is 10.2. The number of aliphatic imine (C=N–C) groups is 1. The first-order chi connectivity index (χ1) is 19.0. The van der Waals surface area contributed by atoms with Gasteiger partial charge in [0.1, 0.15) is 5.75 Å². The number of likely N-dealkylation sites (tertiary alicyclic amines) is 1. The summed E-state index contributed by atoms with van der Waals surface area (Å²) in [6.07, 6.45) is 6.45. The quantitative estimate of drug-likeness (QED) is 0.505. The highest BCUT2D eigenvalue weighted by atomic mass is 19.3. The van der Waals surface area contributed by atoms with E-state index in [1.54, 1.807) is 24.5 Å². The molecule has 4 heterocycles. The van der Waals surface area contributed by atoms with Crippen molar-refractivity contribution >= 4 is 17.4 Å². The van der Waals surface area contributed by atoms with Gasteiger partial charge in [-0.05, 0) is 92.4 Å². The number of alkyl halides is 2. The summed E-state index contributed by atoms with van der Waals surface area (Å²) in [6.45, 7) is 3.31. The monoisotopic (exact) mass is 532 g/mol. The smallest absolute Gasteiger partial charge is 0.387 e. The number of ether oxygens (including phenoxy) is 1. The maximum atomic E-state index is 13.3. The van der Waals surface area contributed by atoms with Gasteiger partial charge in [-0.1, -0.05) is 0 Å². The number of allylic oxidation sites excluding steroid dienone is 1. The van der Waals surface area contributed by atoms with Crippen molar-refractivity contribution in [3.8, 4) is 17.0 Å². The van der Waals surface area contributed by atoms with Crippen LogP contribution in [0.4, 0.5) is 14.5 Å². The average Bonchev–Trinajstić information content (AvgIpc) is 3.52. The second-order valence-corrected chi connectivity index (χ2v) is 10.2. The van der Waals surface area contributed by atoms with Crippen LogP contribution in [0.1, 0.15) is 28.2 Å². The van der Waals surface area contributed by atoms with Gasteiger partial charge in [-0.2, -0.15) is 8.78 Å². The summed E-state index contributed by atoms with van der Waals surface area (Å²) in [7, 11) is 0. The minimum absolute atomic E-state index is 0.0873. The number of rotatable bonds is 5.